The quantitative estimate of drug-likeness (QED) is 0.703. The van der Waals surface area contributed by atoms with Crippen LogP contribution >= 0.6 is 0 Å². The van der Waals surface area contributed by atoms with E-state index in [1.165, 1.54) is 12.8 Å². The van der Waals surface area contributed by atoms with E-state index >= 15 is 0 Å². The molecule has 4 fully saturated rings. The summed E-state index contributed by atoms with van der Waals surface area (Å²) in [6.45, 7) is 4.15. The highest BCUT2D eigenvalue weighted by Gasteiger charge is 2.50. The summed E-state index contributed by atoms with van der Waals surface area (Å²) in [4.78, 5) is 29.5. The van der Waals surface area contributed by atoms with E-state index in [0.29, 0.717) is 31.3 Å². The molecule has 2 heterocycles. The molecule has 2 aliphatic carbocycles. The summed E-state index contributed by atoms with van der Waals surface area (Å²) < 4.78 is 27.3. The molecule has 8 heteroatoms. The van der Waals surface area contributed by atoms with Crippen LogP contribution in [0.4, 0.5) is 13.6 Å². The van der Waals surface area contributed by atoms with Gasteiger partial charge >= 0.3 is 6.03 Å². The Balaban J connectivity index is 1.30. The molecule has 0 aromatic heterocycles. The van der Waals surface area contributed by atoms with Crippen LogP contribution in [0, 0.1) is 22.2 Å². The molecular weight excluding hydrogens is 378 g/mol. The second-order valence-electron chi connectivity index (χ2n) is 9.93. The number of nitrogens with zero attached hydrogens (tertiary/aromatic N) is 3. The number of carbonyl (C=O) groups excluding carboxylic acids is 2. The summed E-state index contributed by atoms with van der Waals surface area (Å²) in [6, 6.07) is 1.20. The molecule has 1 spiro atoms. The van der Waals surface area contributed by atoms with Crippen LogP contribution in [0.25, 0.3) is 0 Å². The van der Waals surface area contributed by atoms with Crippen molar-refractivity contribution in [2.75, 3.05) is 26.2 Å². The van der Waals surface area contributed by atoms with Crippen molar-refractivity contribution in [2.24, 2.45) is 10.8 Å². The summed E-state index contributed by atoms with van der Waals surface area (Å²) in [5, 5.41) is 11.7. The largest absolute Gasteiger partial charge is 0.328 e. The number of alkyl halides is 2. The zero-order valence-electron chi connectivity index (χ0n) is 17.1. The number of Topliss-reactive ketones (excluding diaryl/α,β-unsaturated/α-hetero) is 1. The van der Waals surface area contributed by atoms with Crippen LogP contribution in [0.2, 0.25) is 0 Å². The maximum Gasteiger partial charge on any atom is 0.317 e. The van der Waals surface area contributed by atoms with Crippen LogP contribution in [-0.4, -0.2) is 65.8 Å². The van der Waals surface area contributed by atoms with Gasteiger partial charge in [-0.05, 0) is 50.9 Å². The molecule has 0 aromatic carbocycles. The predicted octanol–water partition coefficient (Wildman–Crippen LogP) is 2.93. The van der Waals surface area contributed by atoms with Crippen LogP contribution in [0.5, 0.6) is 0 Å². The lowest BCUT2D eigenvalue weighted by atomic mass is 9.72. The minimum Gasteiger partial charge on any atom is -0.328 e. The third-order valence-electron chi connectivity index (χ3n) is 7.10. The molecule has 0 bridgehead atoms. The van der Waals surface area contributed by atoms with Crippen molar-refractivity contribution in [2.45, 2.75) is 76.3 Å². The number of halogens is 2. The minimum atomic E-state index is -3.07. The lowest BCUT2D eigenvalue weighted by Gasteiger charge is -2.54. The highest BCUT2D eigenvalue weighted by molar-refractivity contribution is 5.89. The van der Waals surface area contributed by atoms with E-state index < -0.39 is 35.6 Å². The molecule has 2 aliphatic heterocycles. The SMILES string of the molecule is CC(F)(F)C[C@H](NC(=O)N1CCC2(CC1)CN(C1CC1)C2)C(=O)CC1(C#N)CC1. The van der Waals surface area contributed by atoms with Crippen molar-refractivity contribution in [3.05, 3.63) is 0 Å². The Hall–Kier alpha value is -1.75. The van der Waals surface area contributed by atoms with Crippen LogP contribution < -0.4 is 5.32 Å². The topological polar surface area (TPSA) is 76.4 Å². The average molecular weight is 408 g/mol. The maximum absolute atomic E-state index is 13.6. The van der Waals surface area contributed by atoms with Gasteiger partial charge in [-0.1, -0.05) is 0 Å². The fourth-order valence-electron chi connectivity index (χ4n) is 4.79. The van der Waals surface area contributed by atoms with Gasteiger partial charge in [0.25, 0.3) is 0 Å². The molecule has 2 amide bonds. The van der Waals surface area contributed by atoms with E-state index in [0.717, 1.165) is 38.9 Å². The third-order valence-corrected chi connectivity index (χ3v) is 7.10. The lowest BCUT2D eigenvalue weighted by molar-refractivity contribution is -0.124. The Morgan fingerprint density at radius 2 is 1.83 bits per heavy atom. The van der Waals surface area contributed by atoms with Gasteiger partial charge in [0.05, 0.1) is 17.5 Å². The number of likely N-dealkylation sites (tertiary alicyclic amines) is 2. The van der Waals surface area contributed by atoms with Gasteiger partial charge in [0, 0.05) is 45.1 Å². The summed E-state index contributed by atoms with van der Waals surface area (Å²) in [7, 11) is 0. The third kappa shape index (κ3) is 4.71. The predicted molar refractivity (Wildman–Crippen MR) is 102 cm³/mol. The smallest absolute Gasteiger partial charge is 0.317 e. The van der Waals surface area contributed by atoms with Gasteiger partial charge in [-0.3, -0.25) is 9.69 Å². The maximum atomic E-state index is 13.6. The summed E-state index contributed by atoms with van der Waals surface area (Å²) in [6.07, 6.45) is 4.88. The molecule has 160 valence electrons. The summed E-state index contributed by atoms with van der Waals surface area (Å²) in [5.74, 6) is -3.53. The Labute approximate surface area is 170 Å². The molecule has 2 saturated carbocycles. The van der Waals surface area contributed by atoms with Gasteiger partial charge in [-0.15, -0.1) is 0 Å². The number of nitrogens with one attached hydrogen (secondary N) is 1. The first-order valence-electron chi connectivity index (χ1n) is 10.7. The molecular formula is C21H30F2N4O2. The number of hydrogen-bond acceptors (Lipinski definition) is 4. The van der Waals surface area contributed by atoms with Gasteiger partial charge < -0.3 is 10.2 Å². The number of carbonyl (C=O) groups is 2. The Morgan fingerprint density at radius 1 is 1.21 bits per heavy atom. The van der Waals surface area contributed by atoms with E-state index in [4.69, 9.17) is 0 Å². The van der Waals surface area contributed by atoms with Crippen molar-refractivity contribution in [1.29, 1.82) is 5.26 Å². The molecule has 4 aliphatic rings. The highest BCUT2D eigenvalue weighted by Crippen LogP contribution is 2.48. The number of piperidine rings is 1. The van der Waals surface area contributed by atoms with Crippen LogP contribution in [0.15, 0.2) is 0 Å². The molecule has 2 saturated heterocycles. The molecule has 29 heavy (non-hydrogen) atoms. The average Bonchev–Trinajstić information content (AvgIpc) is 3.53. The van der Waals surface area contributed by atoms with Crippen LogP contribution in [0.1, 0.15) is 58.3 Å². The Morgan fingerprint density at radius 3 is 2.31 bits per heavy atom. The van der Waals surface area contributed by atoms with Gasteiger partial charge in [0.15, 0.2) is 5.78 Å². The zero-order valence-corrected chi connectivity index (χ0v) is 17.1. The molecule has 0 unspecified atom stereocenters. The molecule has 6 nitrogen and oxygen atoms in total. The lowest BCUT2D eigenvalue weighted by Crippen LogP contribution is -2.62. The first-order chi connectivity index (χ1) is 13.6. The van der Waals surface area contributed by atoms with Crippen molar-refractivity contribution in [3.63, 3.8) is 0 Å². The standard InChI is InChI=1S/C21H30F2N4O2/c1-19(22,23)10-16(17(28)11-20(12-24)4-5-20)25-18(29)26-8-6-21(7-9-26)13-27(14-21)15-2-3-15/h15-16H,2-11,13-14H2,1H3,(H,25,29)/t16-/m0/s1. The first-order valence-corrected chi connectivity index (χ1v) is 10.7. The number of nitriles is 1. The van der Waals surface area contributed by atoms with E-state index in [1.807, 2.05) is 0 Å². The molecule has 0 aromatic rings. The summed E-state index contributed by atoms with van der Waals surface area (Å²) in [5.41, 5.74) is -0.408. The zero-order chi connectivity index (χ0) is 20.9. The van der Waals surface area contributed by atoms with Crippen LogP contribution in [0.3, 0.4) is 0 Å². The normalized spacial score (nSPS) is 26.3. The van der Waals surface area contributed by atoms with Crippen molar-refractivity contribution in [3.8, 4) is 6.07 Å². The van der Waals surface area contributed by atoms with Crippen molar-refractivity contribution in [1.82, 2.24) is 15.1 Å². The monoisotopic (exact) mass is 408 g/mol. The molecule has 1 N–H and O–H groups in total. The van der Waals surface area contributed by atoms with Gasteiger partial charge in [-0.2, -0.15) is 5.26 Å². The fraction of sp³-hybridized carbons (Fsp3) is 0.857. The van der Waals surface area contributed by atoms with Crippen molar-refractivity contribution < 1.29 is 18.4 Å². The highest BCUT2D eigenvalue weighted by atomic mass is 19.3. The van der Waals surface area contributed by atoms with E-state index in [-0.39, 0.29) is 6.42 Å². The molecule has 0 radical (unpaired) electrons. The van der Waals surface area contributed by atoms with Gasteiger partial charge in [0.1, 0.15) is 0 Å². The molecule has 4 rings (SSSR count). The number of amides is 2. The fourth-order valence-corrected chi connectivity index (χ4v) is 4.79. The van der Waals surface area contributed by atoms with Crippen molar-refractivity contribution >= 4 is 11.8 Å². The molecule has 1 atom stereocenters. The Kier molecular flexibility index (Phi) is 5.09. The van der Waals surface area contributed by atoms with Crippen LogP contribution in [-0.2, 0) is 4.79 Å². The van der Waals surface area contributed by atoms with Gasteiger partial charge in [-0.25, -0.2) is 13.6 Å². The van der Waals surface area contributed by atoms with E-state index in [1.54, 1.807) is 4.90 Å². The van der Waals surface area contributed by atoms with E-state index in [9.17, 15) is 23.6 Å². The second kappa shape index (κ2) is 7.19. The number of ketones is 1. The van der Waals surface area contributed by atoms with Gasteiger partial charge in [0.2, 0.25) is 5.92 Å². The van der Waals surface area contributed by atoms with E-state index in [2.05, 4.69) is 16.3 Å². The number of urea groups is 1. The minimum absolute atomic E-state index is 0.0648. The summed E-state index contributed by atoms with van der Waals surface area (Å²) >= 11 is 0. The second-order valence-corrected chi connectivity index (χ2v) is 9.93. The first kappa shape index (κ1) is 20.5. The number of hydrogen-bond donors (Lipinski definition) is 1. The Bertz CT molecular complexity index is 705. The number of rotatable bonds is 7.